The summed E-state index contributed by atoms with van der Waals surface area (Å²) in [5.41, 5.74) is 2.94. The molecule has 9 heteroatoms. The van der Waals surface area contributed by atoms with Crippen molar-refractivity contribution in [2.45, 2.75) is 58.2 Å². The number of hydrogen-bond acceptors (Lipinski definition) is 4. The number of carbonyl (C=O) groups is 2. The lowest BCUT2D eigenvalue weighted by Crippen LogP contribution is -2.57. The van der Waals surface area contributed by atoms with Crippen LogP contribution in [0, 0.1) is 25.2 Å². The number of hydrogen-bond donors (Lipinski definition) is 2. The van der Waals surface area contributed by atoms with E-state index in [0.717, 1.165) is 45.9 Å². The van der Waals surface area contributed by atoms with Crippen molar-refractivity contribution >= 4 is 23.2 Å². The predicted octanol–water partition coefficient (Wildman–Crippen LogP) is 7.02. The van der Waals surface area contributed by atoms with Crippen molar-refractivity contribution in [2.75, 3.05) is 7.11 Å². The molecule has 2 aliphatic rings. The van der Waals surface area contributed by atoms with Crippen molar-refractivity contribution in [3.05, 3.63) is 74.5 Å². The number of methoxy groups -OCH3 is 1. The molecule has 1 spiro atoms. The van der Waals surface area contributed by atoms with Gasteiger partial charge in [-0.05, 0) is 91.8 Å². The Balaban J connectivity index is 1.29. The summed E-state index contributed by atoms with van der Waals surface area (Å²) in [6.45, 7) is 3.93. The van der Waals surface area contributed by atoms with Crippen molar-refractivity contribution in [1.82, 2.24) is 5.32 Å². The molecule has 0 aliphatic heterocycles. The molecule has 2 fully saturated rings. The summed E-state index contributed by atoms with van der Waals surface area (Å²) in [5.74, 6) is -0.949. The smallest absolute Gasteiger partial charge is 0.416 e. The molecule has 3 aromatic rings. The number of amides is 1. The number of carboxylic acid groups (broad SMARTS) is 1. The molecule has 0 saturated heterocycles. The molecule has 0 unspecified atom stereocenters. The number of rotatable bonds is 7. The molecule has 1 aromatic heterocycles. The van der Waals surface area contributed by atoms with Crippen LogP contribution in [0.15, 0.2) is 42.5 Å². The normalized spacial score (nSPS) is 22.2. The van der Waals surface area contributed by atoms with Gasteiger partial charge in [-0.3, -0.25) is 9.59 Å². The zero-order valence-corrected chi connectivity index (χ0v) is 22.8. The molecular weight excluding hydrogens is 527 g/mol. The monoisotopic (exact) mass is 557 g/mol. The Morgan fingerprint density at radius 3 is 2.28 bits per heavy atom. The van der Waals surface area contributed by atoms with E-state index in [0.29, 0.717) is 36.0 Å². The molecular formula is C30H30F3NO4S. The van der Waals surface area contributed by atoms with Crippen LogP contribution in [0.4, 0.5) is 13.2 Å². The van der Waals surface area contributed by atoms with Gasteiger partial charge in [0.1, 0.15) is 5.75 Å². The van der Waals surface area contributed by atoms with Crippen LogP contribution in [0.3, 0.4) is 0 Å². The third-order valence-corrected chi connectivity index (χ3v) is 9.21. The van der Waals surface area contributed by atoms with E-state index < -0.39 is 17.7 Å². The topological polar surface area (TPSA) is 75.6 Å². The van der Waals surface area contributed by atoms with Crippen LogP contribution >= 0.6 is 11.3 Å². The van der Waals surface area contributed by atoms with E-state index in [1.54, 1.807) is 29.5 Å². The van der Waals surface area contributed by atoms with E-state index >= 15 is 0 Å². The highest BCUT2D eigenvalue weighted by Crippen LogP contribution is 2.58. The van der Waals surface area contributed by atoms with Gasteiger partial charge in [0, 0.05) is 15.8 Å². The van der Waals surface area contributed by atoms with Gasteiger partial charge >= 0.3 is 12.1 Å². The second-order valence-electron chi connectivity index (χ2n) is 10.9. The largest absolute Gasteiger partial charge is 0.497 e. The van der Waals surface area contributed by atoms with Gasteiger partial charge in [0.15, 0.2) is 0 Å². The number of aliphatic carboxylic acids is 1. The van der Waals surface area contributed by atoms with Gasteiger partial charge in [-0.15, -0.1) is 11.3 Å². The van der Waals surface area contributed by atoms with Crippen LogP contribution in [0.1, 0.15) is 62.5 Å². The highest BCUT2D eigenvalue weighted by Gasteiger charge is 2.55. The Morgan fingerprint density at radius 2 is 1.69 bits per heavy atom. The fourth-order valence-corrected chi connectivity index (χ4v) is 7.22. The number of benzene rings is 2. The lowest BCUT2D eigenvalue weighted by molar-refractivity contribution is -0.155. The summed E-state index contributed by atoms with van der Waals surface area (Å²) in [6.07, 6.45) is -0.920. The Kier molecular flexibility index (Phi) is 6.99. The van der Waals surface area contributed by atoms with Crippen molar-refractivity contribution < 1.29 is 32.6 Å². The predicted molar refractivity (Wildman–Crippen MR) is 143 cm³/mol. The van der Waals surface area contributed by atoms with Crippen LogP contribution in [-0.2, 0) is 17.4 Å². The molecule has 1 heterocycles. The maximum absolute atomic E-state index is 13.3. The average Bonchev–Trinajstić information content (AvgIpc) is 3.11. The number of carboxylic acids is 1. The lowest BCUT2D eigenvalue weighted by atomic mass is 9.50. The van der Waals surface area contributed by atoms with E-state index in [2.05, 4.69) is 5.32 Å². The van der Waals surface area contributed by atoms with Crippen molar-refractivity contribution in [3.63, 3.8) is 0 Å². The van der Waals surface area contributed by atoms with E-state index in [1.165, 1.54) is 7.11 Å². The summed E-state index contributed by atoms with van der Waals surface area (Å²) in [4.78, 5) is 26.4. The summed E-state index contributed by atoms with van der Waals surface area (Å²) < 4.78 is 45.1. The average molecular weight is 558 g/mol. The number of nitrogens with one attached hydrogen (secondary N) is 1. The number of aryl methyl sites for hydroxylation is 2. The van der Waals surface area contributed by atoms with Gasteiger partial charge in [-0.2, -0.15) is 13.2 Å². The van der Waals surface area contributed by atoms with Gasteiger partial charge in [-0.25, -0.2) is 0 Å². The second kappa shape index (κ2) is 10.0. The number of carbonyl (C=O) groups excluding carboxylic acids is 1. The first-order valence-electron chi connectivity index (χ1n) is 12.9. The van der Waals surface area contributed by atoms with E-state index in [-0.39, 0.29) is 29.0 Å². The first kappa shape index (κ1) is 27.2. The molecule has 0 radical (unpaired) electrons. The van der Waals surface area contributed by atoms with Gasteiger partial charge in [0.05, 0.1) is 24.2 Å². The molecule has 206 valence electrons. The van der Waals surface area contributed by atoms with E-state index in [4.69, 9.17) is 9.84 Å². The molecule has 39 heavy (non-hydrogen) atoms. The Morgan fingerprint density at radius 1 is 1.03 bits per heavy atom. The van der Waals surface area contributed by atoms with Crippen molar-refractivity contribution in [3.8, 4) is 16.9 Å². The summed E-state index contributed by atoms with van der Waals surface area (Å²) >= 11 is 1.58. The molecule has 2 aliphatic carbocycles. The molecule has 0 bridgehead atoms. The fraction of sp³-hybridized carbons (Fsp3) is 0.400. The molecule has 2 aromatic carbocycles. The van der Waals surface area contributed by atoms with Crippen LogP contribution in [0.25, 0.3) is 11.1 Å². The van der Waals surface area contributed by atoms with E-state index in [9.17, 15) is 22.8 Å². The number of ether oxygens (including phenoxy) is 1. The number of alkyl halides is 3. The highest BCUT2D eigenvalue weighted by molar-refractivity contribution is 7.12. The minimum atomic E-state index is -4.48. The third-order valence-electron chi connectivity index (χ3n) is 8.15. The van der Waals surface area contributed by atoms with Gasteiger partial charge in [0.2, 0.25) is 0 Å². The SMILES string of the molecule is COc1cc(-c2ccc(Cc3c(C)sc(C)c3C(=O)NC3CC4(C3)CC(C(=O)O)C4)cc2)cc(C(F)(F)F)c1. The zero-order chi connectivity index (χ0) is 28.1. The minimum absolute atomic E-state index is 0.0587. The van der Waals surface area contributed by atoms with Crippen LogP contribution in [0.5, 0.6) is 5.75 Å². The summed E-state index contributed by atoms with van der Waals surface area (Å²) in [6, 6.07) is 11.1. The molecule has 2 saturated carbocycles. The first-order chi connectivity index (χ1) is 18.4. The molecule has 5 rings (SSSR count). The van der Waals surface area contributed by atoms with Crippen LogP contribution < -0.4 is 10.1 Å². The van der Waals surface area contributed by atoms with Gasteiger partial charge < -0.3 is 15.2 Å². The van der Waals surface area contributed by atoms with Gasteiger partial charge in [0.25, 0.3) is 5.91 Å². The summed E-state index contributed by atoms with van der Waals surface area (Å²) in [5, 5.41) is 12.3. The van der Waals surface area contributed by atoms with Crippen molar-refractivity contribution in [2.24, 2.45) is 11.3 Å². The number of thiophene rings is 1. The van der Waals surface area contributed by atoms with Crippen LogP contribution in [0.2, 0.25) is 0 Å². The zero-order valence-electron chi connectivity index (χ0n) is 21.9. The second-order valence-corrected chi connectivity index (χ2v) is 12.3. The Labute approximate surface area is 229 Å². The van der Waals surface area contributed by atoms with Crippen LogP contribution in [-0.4, -0.2) is 30.1 Å². The van der Waals surface area contributed by atoms with E-state index in [1.807, 2.05) is 26.0 Å². The number of halogens is 3. The third kappa shape index (κ3) is 5.41. The lowest BCUT2D eigenvalue weighted by Gasteiger charge is -2.56. The Bertz CT molecular complexity index is 1410. The molecule has 0 atom stereocenters. The minimum Gasteiger partial charge on any atom is -0.497 e. The standard InChI is InChI=1S/C30H30F3NO4S/c1-16-25(26(17(2)39-16)27(35)34-23-14-29(15-23)12-21(13-29)28(36)37)8-18-4-6-19(7-5-18)20-9-22(30(31,32)33)11-24(10-20)38-3/h4-7,9-11,21,23H,8,12-15H2,1-3H3,(H,34,35)(H,36,37). The maximum Gasteiger partial charge on any atom is 0.416 e. The molecule has 1 amide bonds. The first-order valence-corrected chi connectivity index (χ1v) is 13.7. The highest BCUT2D eigenvalue weighted by atomic mass is 32.1. The maximum atomic E-state index is 13.3. The quantitative estimate of drug-likeness (QED) is 0.327. The van der Waals surface area contributed by atoms with Gasteiger partial charge in [-0.1, -0.05) is 24.3 Å². The fourth-order valence-electron chi connectivity index (χ4n) is 6.15. The molecule has 5 nitrogen and oxygen atoms in total. The molecule has 2 N–H and O–H groups in total. The Hall–Kier alpha value is -3.33. The summed E-state index contributed by atoms with van der Waals surface area (Å²) in [7, 11) is 1.34. The van der Waals surface area contributed by atoms with Crippen molar-refractivity contribution in [1.29, 1.82) is 0 Å².